The Kier molecular flexibility index (Phi) is 6.36. The molecule has 1 saturated heterocycles. The quantitative estimate of drug-likeness (QED) is 0.650. The number of nitriles is 1. The molecule has 6 nitrogen and oxygen atoms in total. The lowest BCUT2D eigenvalue weighted by atomic mass is 10.0. The SMILES string of the molecule is COc1cc2c3c(c(NCCC#N)nc2cc1OCCCN1CCCC1)CCC3. The minimum Gasteiger partial charge on any atom is -0.493 e. The summed E-state index contributed by atoms with van der Waals surface area (Å²) in [6.07, 6.45) is 7.35. The molecule has 0 unspecified atom stereocenters. The van der Waals surface area contributed by atoms with Crippen molar-refractivity contribution in [1.29, 1.82) is 5.26 Å². The van der Waals surface area contributed by atoms with E-state index in [1.807, 2.05) is 6.07 Å². The van der Waals surface area contributed by atoms with Gasteiger partial charge in [0.2, 0.25) is 0 Å². The number of benzene rings is 1. The van der Waals surface area contributed by atoms with Crippen molar-refractivity contribution in [2.75, 3.05) is 45.2 Å². The molecule has 0 atom stereocenters. The van der Waals surface area contributed by atoms with Gasteiger partial charge in [0.15, 0.2) is 11.5 Å². The molecule has 1 aromatic carbocycles. The first-order valence-corrected chi connectivity index (χ1v) is 10.8. The third-order valence-corrected chi connectivity index (χ3v) is 5.95. The molecule has 2 aliphatic rings. The Labute approximate surface area is 172 Å². The standard InChI is InChI=1S/C23H30N4O2/c1-28-21-15-19-17-7-4-8-18(17)23(25-10-5-9-24)26-20(19)16-22(21)29-14-6-13-27-11-2-3-12-27/h15-16H,2-8,10-14H2,1H3,(H,25,26). The van der Waals surface area contributed by atoms with Gasteiger partial charge in [0.05, 0.1) is 31.7 Å². The number of anilines is 1. The van der Waals surface area contributed by atoms with Crippen LogP contribution in [0.2, 0.25) is 0 Å². The Balaban J connectivity index is 1.54. The second kappa shape index (κ2) is 9.32. The number of rotatable bonds is 9. The molecule has 1 fully saturated rings. The van der Waals surface area contributed by atoms with Crippen LogP contribution < -0.4 is 14.8 Å². The largest absolute Gasteiger partial charge is 0.493 e. The lowest BCUT2D eigenvalue weighted by Crippen LogP contribution is -2.21. The van der Waals surface area contributed by atoms with Crippen molar-refractivity contribution in [3.63, 3.8) is 0 Å². The zero-order valence-electron chi connectivity index (χ0n) is 17.3. The van der Waals surface area contributed by atoms with Crippen molar-refractivity contribution in [3.8, 4) is 17.6 Å². The smallest absolute Gasteiger partial charge is 0.163 e. The van der Waals surface area contributed by atoms with E-state index in [1.54, 1.807) is 7.11 Å². The topological polar surface area (TPSA) is 70.4 Å². The van der Waals surface area contributed by atoms with Crippen LogP contribution in [0.25, 0.3) is 10.9 Å². The van der Waals surface area contributed by atoms with Gasteiger partial charge in [0, 0.05) is 24.5 Å². The molecule has 0 bridgehead atoms. The van der Waals surface area contributed by atoms with Gasteiger partial charge >= 0.3 is 0 Å². The predicted molar refractivity (Wildman–Crippen MR) is 115 cm³/mol. The maximum Gasteiger partial charge on any atom is 0.163 e. The van der Waals surface area contributed by atoms with E-state index < -0.39 is 0 Å². The highest BCUT2D eigenvalue weighted by atomic mass is 16.5. The van der Waals surface area contributed by atoms with Gasteiger partial charge < -0.3 is 19.7 Å². The van der Waals surface area contributed by atoms with Crippen molar-refractivity contribution in [3.05, 3.63) is 23.3 Å². The zero-order valence-corrected chi connectivity index (χ0v) is 17.3. The van der Waals surface area contributed by atoms with E-state index in [9.17, 15) is 0 Å². The van der Waals surface area contributed by atoms with Crippen LogP contribution in [0.4, 0.5) is 5.82 Å². The molecular weight excluding hydrogens is 364 g/mol. The van der Waals surface area contributed by atoms with Crippen molar-refractivity contribution >= 4 is 16.7 Å². The van der Waals surface area contributed by atoms with E-state index in [0.717, 1.165) is 60.4 Å². The van der Waals surface area contributed by atoms with Crippen molar-refractivity contribution in [2.45, 2.75) is 44.9 Å². The first-order valence-electron chi connectivity index (χ1n) is 10.8. The maximum absolute atomic E-state index is 8.83. The third-order valence-electron chi connectivity index (χ3n) is 5.95. The van der Waals surface area contributed by atoms with Crippen molar-refractivity contribution in [1.82, 2.24) is 9.88 Å². The van der Waals surface area contributed by atoms with E-state index in [4.69, 9.17) is 19.7 Å². The number of hydrogen-bond donors (Lipinski definition) is 1. The highest BCUT2D eigenvalue weighted by Gasteiger charge is 2.21. The van der Waals surface area contributed by atoms with Gasteiger partial charge in [-0.15, -0.1) is 0 Å². The minimum atomic E-state index is 0.475. The van der Waals surface area contributed by atoms with Gasteiger partial charge in [0.1, 0.15) is 5.82 Å². The van der Waals surface area contributed by atoms with Crippen LogP contribution in [0.15, 0.2) is 12.1 Å². The Hall–Kier alpha value is -2.52. The normalized spacial score (nSPS) is 16.0. The first kappa shape index (κ1) is 19.8. The first-order chi connectivity index (χ1) is 14.3. The van der Waals surface area contributed by atoms with Crippen LogP contribution >= 0.6 is 0 Å². The Bertz CT molecular complexity index is 900. The summed E-state index contributed by atoms with van der Waals surface area (Å²) < 4.78 is 11.7. The maximum atomic E-state index is 8.83. The molecule has 4 rings (SSSR count). The Morgan fingerprint density at radius 1 is 1.14 bits per heavy atom. The van der Waals surface area contributed by atoms with Gasteiger partial charge in [-0.25, -0.2) is 4.98 Å². The summed E-state index contributed by atoms with van der Waals surface area (Å²) in [5.41, 5.74) is 3.57. The third kappa shape index (κ3) is 4.40. The number of ether oxygens (including phenoxy) is 2. The van der Waals surface area contributed by atoms with Crippen LogP contribution in [0.5, 0.6) is 11.5 Å². The summed E-state index contributed by atoms with van der Waals surface area (Å²) in [5, 5.41) is 13.3. The van der Waals surface area contributed by atoms with E-state index in [0.29, 0.717) is 19.6 Å². The van der Waals surface area contributed by atoms with Gasteiger partial charge in [-0.2, -0.15) is 5.26 Å². The number of fused-ring (bicyclic) bond motifs is 3. The average Bonchev–Trinajstić information content (AvgIpc) is 3.43. The van der Waals surface area contributed by atoms with Gasteiger partial charge in [0.25, 0.3) is 0 Å². The number of nitrogens with one attached hydrogen (secondary N) is 1. The van der Waals surface area contributed by atoms with E-state index in [2.05, 4.69) is 22.4 Å². The monoisotopic (exact) mass is 394 g/mol. The summed E-state index contributed by atoms with van der Waals surface area (Å²) in [5.74, 6) is 2.46. The van der Waals surface area contributed by atoms with Crippen LogP contribution in [-0.2, 0) is 12.8 Å². The number of aryl methyl sites for hydroxylation is 1. The van der Waals surface area contributed by atoms with Gasteiger partial charge in [-0.3, -0.25) is 0 Å². The summed E-state index contributed by atoms with van der Waals surface area (Å²) in [6.45, 7) is 4.83. The summed E-state index contributed by atoms with van der Waals surface area (Å²) in [7, 11) is 1.70. The Morgan fingerprint density at radius 2 is 1.97 bits per heavy atom. The molecule has 1 aromatic heterocycles. The molecule has 1 aliphatic heterocycles. The molecule has 0 amide bonds. The number of methoxy groups -OCH3 is 1. The molecule has 2 aromatic rings. The lowest BCUT2D eigenvalue weighted by molar-refractivity contribution is 0.254. The number of hydrogen-bond acceptors (Lipinski definition) is 6. The molecule has 1 aliphatic carbocycles. The van der Waals surface area contributed by atoms with Crippen molar-refractivity contribution < 1.29 is 9.47 Å². The van der Waals surface area contributed by atoms with Crippen LogP contribution in [0.1, 0.15) is 43.2 Å². The fourth-order valence-corrected chi connectivity index (χ4v) is 4.51. The molecule has 0 radical (unpaired) electrons. The molecule has 2 heterocycles. The molecule has 154 valence electrons. The molecule has 6 heteroatoms. The molecular formula is C23H30N4O2. The zero-order chi connectivity index (χ0) is 20.1. The van der Waals surface area contributed by atoms with Crippen LogP contribution in [0, 0.1) is 11.3 Å². The van der Waals surface area contributed by atoms with E-state index >= 15 is 0 Å². The van der Waals surface area contributed by atoms with E-state index in [-0.39, 0.29) is 0 Å². The molecule has 1 N–H and O–H groups in total. The number of pyridine rings is 1. The fraction of sp³-hybridized carbons (Fsp3) is 0.565. The number of aromatic nitrogens is 1. The summed E-state index contributed by atoms with van der Waals surface area (Å²) >= 11 is 0. The van der Waals surface area contributed by atoms with Crippen LogP contribution in [-0.4, -0.2) is 49.8 Å². The second-order valence-electron chi connectivity index (χ2n) is 7.88. The highest BCUT2D eigenvalue weighted by molar-refractivity contribution is 5.89. The average molecular weight is 395 g/mol. The van der Waals surface area contributed by atoms with E-state index in [1.165, 1.54) is 37.1 Å². The molecule has 0 spiro atoms. The summed E-state index contributed by atoms with van der Waals surface area (Å²) in [4.78, 5) is 7.39. The second-order valence-corrected chi connectivity index (χ2v) is 7.88. The van der Waals surface area contributed by atoms with Crippen LogP contribution in [0.3, 0.4) is 0 Å². The Morgan fingerprint density at radius 3 is 2.76 bits per heavy atom. The van der Waals surface area contributed by atoms with Gasteiger partial charge in [-0.05, 0) is 68.8 Å². The lowest BCUT2D eigenvalue weighted by Gasteiger charge is -2.17. The summed E-state index contributed by atoms with van der Waals surface area (Å²) in [6, 6.07) is 6.28. The highest BCUT2D eigenvalue weighted by Crippen LogP contribution is 2.39. The molecule has 0 saturated carbocycles. The fourth-order valence-electron chi connectivity index (χ4n) is 4.51. The minimum absolute atomic E-state index is 0.475. The van der Waals surface area contributed by atoms with Crippen molar-refractivity contribution in [2.24, 2.45) is 0 Å². The predicted octanol–water partition coefficient (Wildman–Crippen LogP) is 3.92. The number of likely N-dealkylation sites (tertiary alicyclic amines) is 1. The number of nitrogens with zero attached hydrogens (tertiary/aromatic N) is 3. The molecule has 29 heavy (non-hydrogen) atoms. The van der Waals surface area contributed by atoms with Gasteiger partial charge in [-0.1, -0.05) is 0 Å².